The first-order valence-electron chi connectivity index (χ1n) is 5.43. The van der Waals surface area contributed by atoms with Crippen molar-refractivity contribution >= 4 is 45.1 Å². The van der Waals surface area contributed by atoms with Crippen molar-refractivity contribution in [3.8, 4) is 5.82 Å². The topological polar surface area (TPSA) is 30.7 Å². The van der Waals surface area contributed by atoms with E-state index < -0.39 is 0 Å². The highest BCUT2D eigenvalue weighted by Crippen LogP contribution is 2.21. The Hall–Kier alpha value is -1.14. The molecule has 0 N–H and O–H groups in total. The van der Waals surface area contributed by atoms with Gasteiger partial charge in [0.25, 0.3) is 0 Å². The Kier molecular flexibility index (Phi) is 3.22. The minimum Gasteiger partial charge on any atom is -0.228 e. The van der Waals surface area contributed by atoms with Crippen molar-refractivity contribution in [3.05, 3.63) is 51.9 Å². The van der Waals surface area contributed by atoms with Gasteiger partial charge in [0, 0.05) is 17.1 Å². The summed E-state index contributed by atoms with van der Waals surface area (Å²) >= 11 is 8.23. The Morgan fingerprint density at radius 2 is 2.11 bits per heavy atom. The third kappa shape index (κ3) is 2.10. The fourth-order valence-corrected chi connectivity index (χ4v) is 2.45. The molecule has 2 aromatic heterocycles. The van der Waals surface area contributed by atoms with Gasteiger partial charge < -0.3 is 0 Å². The smallest absolute Gasteiger partial charge is 0.158 e. The Morgan fingerprint density at radius 1 is 1.28 bits per heavy atom. The predicted molar refractivity (Wildman–Crippen MR) is 81.1 cm³/mol. The van der Waals surface area contributed by atoms with Crippen molar-refractivity contribution in [3.63, 3.8) is 0 Å². The maximum Gasteiger partial charge on any atom is 0.158 e. The van der Waals surface area contributed by atoms with Gasteiger partial charge >= 0.3 is 0 Å². The quantitative estimate of drug-likeness (QED) is 0.509. The molecular formula is C13H9ClIN3. The summed E-state index contributed by atoms with van der Waals surface area (Å²) in [6.07, 6.45) is 3.74. The zero-order chi connectivity index (χ0) is 12.5. The molecule has 0 unspecified atom stereocenters. The van der Waals surface area contributed by atoms with E-state index in [-0.39, 0.29) is 0 Å². The summed E-state index contributed by atoms with van der Waals surface area (Å²) in [6.45, 7) is 0. The lowest BCUT2D eigenvalue weighted by atomic mass is 10.1. The second kappa shape index (κ2) is 4.85. The van der Waals surface area contributed by atoms with Gasteiger partial charge in [-0.05, 0) is 34.7 Å². The largest absolute Gasteiger partial charge is 0.228 e. The van der Waals surface area contributed by atoms with E-state index in [1.165, 1.54) is 0 Å². The normalized spacial score (nSPS) is 11.0. The van der Waals surface area contributed by atoms with Crippen LogP contribution in [-0.2, 0) is 5.88 Å². The fourth-order valence-electron chi connectivity index (χ4n) is 1.86. The van der Waals surface area contributed by atoms with Gasteiger partial charge in [-0.15, -0.1) is 11.6 Å². The third-order valence-electron chi connectivity index (χ3n) is 2.69. The third-order valence-corrected chi connectivity index (χ3v) is 3.54. The van der Waals surface area contributed by atoms with Crippen LogP contribution in [0.4, 0.5) is 0 Å². The first-order chi connectivity index (χ1) is 8.78. The van der Waals surface area contributed by atoms with E-state index in [9.17, 15) is 0 Å². The van der Waals surface area contributed by atoms with Crippen molar-refractivity contribution in [2.75, 3.05) is 0 Å². The number of aromatic nitrogens is 3. The number of nitrogens with zero attached hydrogens (tertiary/aromatic N) is 3. The molecule has 0 aliphatic heterocycles. The molecule has 0 aliphatic carbocycles. The van der Waals surface area contributed by atoms with Crippen LogP contribution in [-0.4, -0.2) is 14.8 Å². The molecule has 18 heavy (non-hydrogen) atoms. The Balaban J connectivity index is 2.26. The van der Waals surface area contributed by atoms with Gasteiger partial charge in [0.15, 0.2) is 5.82 Å². The number of benzene rings is 1. The zero-order valence-electron chi connectivity index (χ0n) is 9.35. The SMILES string of the molecule is ClCc1cc2ccccc2nc1-n1cc(I)cn1. The van der Waals surface area contributed by atoms with Crippen molar-refractivity contribution in [2.45, 2.75) is 5.88 Å². The molecule has 3 rings (SSSR count). The van der Waals surface area contributed by atoms with Crippen LogP contribution in [0.3, 0.4) is 0 Å². The van der Waals surface area contributed by atoms with Gasteiger partial charge in [0.2, 0.25) is 0 Å². The summed E-state index contributed by atoms with van der Waals surface area (Å²) in [4.78, 5) is 4.64. The zero-order valence-corrected chi connectivity index (χ0v) is 12.3. The number of hydrogen-bond donors (Lipinski definition) is 0. The van der Waals surface area contributed by atoms with Crippen molar-refractivity contribution in [2.24, 2.45) is 0 Å². The second-order valence-corrected chi connectivity index (χ2v) is 5.41. The van der Waals surface area contributed by atoms with Gasteiger partial charge in [-0.1, -0.05) is 18.2 Å². The van der Waals surface area contributed by atoms with Crippen LogP contribution in [0.2, 0.25) is 0 Å². The first kappa shape index (κ1) is 11.9. The minimum atomic E-state index is 0.420. The summed E-state index contributed by atoms with van der Waals surface area (Å²) in [5.74, 6) is 1.22. The van der Waals surface area contributed by atoms with E-state index in [4.69, 9.17) is 11.6 Å². The number of halogens is 2. The summed E-state index contributed by atoms with van der Waals surface area (Å²) in [5, 5.41) is 5.39. The molecule has 0 atom stereocenters. The molecule has 3 nitrogen and oxygen atoms in total. The monoisotopic (exact) mass is 369 g/mol. The van der Waals surface area contributed by atoms with Crippen LogP contribution in [0, 0.1) is 3.57 Å². The summed E-state index contributed by atoms with van der Waals surface area (Å²) in [5.41, 5.74) is 1.93. The number of hydrogen-bond acceptors (Lipinski definition) is 2. The highest BCUT2D eigenvalue weighted by molar-refractivity contribution is 14.1. The average Bonchev–Trinajstić information content (AvgIpc) is 2.83. The minimum absolute atomic E-state index is 0.420. The molecule has 2 heterocycles. The van der Waals surface area contributed by atoms with Crippen LogP contribution in [0.25, 0.3) is 16.7 Å². The number of para-hydroxylation sites is 1. The molecule has 0 radical (unpaired) electrons. The summed E-state index contributed by atoms with van der Waals surface area (Å²) in [7, 11) is 0. The summed E-state index contributed by atoms with van der Waals surface area (Å²) < 4.78 is 2.84. The lowest BCUT2D eigenvalue weighted by Crippen LogP contribution is -2.02. The van der Waals surface area contributed by atoms with E-state index in [0.29, 0.717) is 5.88 Å². The molecule has 0 spiro atoms. The van der Waals surface area contributed by atoms with E-state index in [2.05, 4.69) is 38.7 Å². The Labute approximate surface area is 123 Å². The molecule has 0 aliphatic rings. The summed E-state index contributed by atoms with van der Waals surface area (Å²) in [6, 6.07) is 10.1. The van der Waals surface area contributed by atoms with Crippen molar-refractivity contribution < 1.29 is 0 Å². The Bertz CT molecular complexity index is 708. The number of pyridine rings is 1. The maximum absolute atomic E-state index is 6.01. The first-order valence-corrected chi connectivity index (χ1v) is 7.04. The van der Waals surface area contributed by atoms with E-state index in [1.54, 1.807) is 10.9 Å². The molecule has 3 aromatic rings. The molecule has 0 fully saturated rings. The molecule has 0 bridgehead atoms. The van der Waals surface area contributed by atoms with Gasteiger partial charge in [-0.2, -0.15) is 5.10 Å². The maximum atomic E-state index is 6.01. The van der Waals surface area contributed by atoms with Gasteiger partial charge in [0.05, 0.1) is 21.2 Å². The lowest BCUT2D eigenvalue weighted by Gasteiger charge is -2.08. The number of fused-ring (bicyclic) bond motifs is 1. The second-order valence-electron chi connectivity index (χ2n) is 3.90. The van der Waals surface area contributed by atoms with Crippen LogP contribution >= 0.6 is 34.2 Å². The van der Waals surface area contributed by atoms with E-state index >= 15 is 0 Å². The molecule has 0 saturated heterocycles. The lowest BCUT2D eigenvalue weighted by molar-refractivity contribution is 0.842. The van der Waals surface area contributed by atoms with Gasteiger partial charge in [-0.3, -0.25) is 0 Å². The molecule has 0 saturated carbocycles. The van der Waals surface area contributed by atoms with Crippen LogP contribution in [0.1, 0.15) is 5.56 Å². The molecular weight excluding hydrogens is 361 g/mol. The molecule has 5 heteroatoms. The molecule has 90 valence electrons. The van der Waals surface area contributed by atoms with Crippen LogP contribution in [0.5, 0.6) is 0 Å². The molecule has 1 aromatic carbocycles. The number of rotatable bonds is 2. The highest BCUT2D eigenvalue weighted by atomic mass is 127. The van der Waals surface area contributed by atoms with E-state index in [0.717, 1.165) is 25.9 Å². The number of alkyl halides is 1. The fraction of sp³-hybridized carbons (Fsp3) is 0.0769. The van der Waals surface area contributed by atoms with Gasteiger partial charge in [-0.25, -0.2) is 9.67 Å². The predicted octanol–water partition coefficient (Wildman–Crippen LogP) is 3.76. The average molecular weight is 370 g/mol. The standard InChI is InChI=1S/C13H9ClIN3/c14-6-10-5-9-3-1-2-4-12(9)17-13(10)18-8-11(15)7-16-18/h1-5,7-8H,6H2. The highest BCUT2D eigenvalue weighted by Gasteiger charge is 2.09. The van der Waals surface area contributed by atoms with Crippen LogP contribution < -0.4 is 0 Å². The van der Waals surface area contributed by atoms with Crippen LogP contribution in [0.15, 0.2) is 42.7 Å². The van der Waals surface area contributed by atoms with Crippen molar-refractivity contribution in [1.82, 2.24) is 14.8 Å². The van der Waals surface area contributed by atoms with Gasteiger partial charge in [0.1, 0.15) is 0 Å². The Morgan fingerprint density at radius 3 is 2.83 bits per heavy atom. The van der Waals surface area contributed by atoms with Crippen molar-refractivity contribution in [1.29, 1.82) is 0 Å². The van der Waals surface area contributed by atoms with E-state index in [1.807, 2.05) is 30.5 Å². The molecule has 0 amide bonds.